The molecule has 0 saturated carbocycles. The fourth-order valence-electron chi connectivity index (χ4n) is 2.79. The minimum atomic E-state index is -0.460. The van der Waals surface area contributed by atoms with Crippen LogP contribution in [-0.4, -0.2) is 36.6 Å². The van der Waals surface area contributed by atoms with E-state index in [4.69, 9.17) is 9.47 Å². The van der Waals surface area contributed by atoms with E-state index >= 15 is 0 Å². The number of hydrogen-bond acceptors (Lipinski definition) is 5. The molecule has 1 amide bonds. The molecule has 0 aliphatic carbocycles. The Balaban J connectivity index is 2.32. The van der Waals surface area contributed by atoms with Crippen molar-refractivity contribution in [3.05, 3.63) is 23.9 Å². The van der Waals surface area contributed by atoms with Crippen LogP contribution in [-0.2, 0) is 19.7 Å². The van der Waals surface area contributed by atoms with Gasteiger partial charge in [-0.3, -0.25) is 9.59 Å². The Morgan fingerprint density at radius 3 is 2.77 bits per heavy atom. The second-order valence-electron chi connectivity index (χ2n) is 5.51. The molecule has 1 saturated heterocycles. The van der Waals surface area contributed by atoms with Gasteiger partial charge in [-0.1, -0.05) is 13.0 Å². The van der Waals surface area contributed by atoms with Gasteiger partial charge < -0.3 is 14.8 Å². The monoisotopic (exact) mass is 306 g/mol. The SMILES string of the molecule is CCC(=O)OC(C)C1(c2ccc(OC)nc2)CCC(=O)NC1. The Morgan fingerprint density at radius 1 is 1.50 bits per heavy atom. The first-order valence-electron chi connectivity index (χ1n) is 7.48. The van der Waals surface area contributed by atoms with E-state index in [1.165, 1.54) is 0 Å². The summed E-state index contributed by atoms with van der Waals surface area (Å²) in [5, 5.41) is 2.88. The molecule has 2 unspecified atom stereocenters. The number of carbonyl (C=O) groups excluding carboxylic acids is 2. The molecule has 6 nitrogen and oxygen atoms in total. The lowest BCUT2D eigenvalue weighted by Crippen LogP contribution is -2.53. The van der Waals surface area contributed by atoms with Crippen molar-refractivity contribution >= 4 is 11.9 Å². The first-order valence-corrected chi connectivity index (χ1v) is 7.48. The van der Waals surface area contributed by atoms with Crippen molar-refractivity contribution in [3.63, 3.8) is 0 Å². The summed E-state index contributed by atoms with van der Waals surface area (Å²) in [4.78, 5) is 27.4. The Hall–Kier alpha value is -2.11. The fraction of sp³-hybridized carbons (Fsp3) is 0.562. The van der Waals surface area contributed by atoms with Crippen LogP contribution in [0.25, 0.3) is 0 Å². The highest BCUT2D eigenvalue weighted by molar-refractivity contribution is 5.77. The molecule has 1 aliphatic rings. The quantitative estimate of drug-likeness (QED) is 0.836. The number of ether oxygens (including phenoxy) is 2. The Morgan fingerprint density at radius 2 is 2.27 bits per heavy atom. The summed E-state index contributed by atoms with van der Waals surface area (Å²) in [6.07, 6.45) is 2.72. The summed E-state index contributed by atoms with van der Waals surface area (Å²) in [7, 11) is 1.56. The van der Waals surface area contributed by atoms with Gasteiger partial charge in [0.25, 0.3) is 0 Å². The van der Waals surface area contributed by atoms with Gasteiger partial charge in [0.05, 0.1) is 12.5 Å². The van der Waals surface area contributed by atoms with Crippen LogP contribution in [0.4, 0.5) is 0 Å². The molecule has 2 heterocycles. The number of esters is 1. The van der Waals surface area contributed by atoms with Gasteiger partial charge in [-0.2, -0.15) is 0 Å². The standard InChI is InChI=1S/C16H22N2O4/c1-4-15(20)22-11(2)16(8-7-13(19)18-10-16)12-5-6-14(21-3)17-9-12/h5-6,9,11H,4,7-8,10H2,1-3H3,(H,18,19). The number of amides is 1. The van der Waals surface area contributed by atoms with Crippen LogP contribution in [0, 0.1) is 0 Å². The lowest BCUT2D eigenvalue weighted by Gasteiger charge is -2.41. The van der Waals surface area contributed by atoms with Gasteiger partial charge in [0.1, 0.15) is 6.10 Å². The molecule has 0 spiro atoms. The summed E-state index contributed by atoms with van der Waals surface area (Å²) in [5.41, 5.74) is 0.475. The van der Waals surface area contributed by atoms with Crippen LogP contribution >= 0.6 is 0 Å². The van der Waals surface area contributed by atoms with Crippen molar-refractivity contribution in [1.29, 1.82) is 0 Å². The van der Waals surface area contributed by atoms with Gasteiger partial charge in [0.2, 0.25) is 11.8 Å². The average molecular weight is 306 g/mol. The summed E-state index contributed by atoms with van der Waals surface area (Å²) < 4.78 is 10.6. The highest BCUT2D eigenvalue weighted by Crippen LogP contribution is 2.36. The number of carbonyl (C=O) groups is 2. The van der Waals surface area contributed by atoms with Crippen molar-refractivity contribution < 1.29 is 19.1 Å². The van der Waals surface area contributed by atoms with E-state index in [1.54, 1.807) is 26.3 Å². The van der Waals surface area contributed by atoms with Gasteiger partial charge in [0.15, 0.2) is 0 Å². The molecule has 6 heteroatoms. The summed E-state index contributed by atoms with van der Waals surface area (Å²) in [5.74, 6) is 0.299. The topological polar surface area (TPSA) is 77.5 Å². The van der Waals surface area contributed by atoms with Gasteiger partial charge in [-0.25, -0.2) is 4.98 Å². The highest BCUT2D eigenvalue weighted by Gasteiger charge is 2.43. The molecule has 0 radical (unpaired) electrons. The molecule has 2 atom stereocenters. The van der Waals surface area contributed by atoms with E-state index in [1.807, 2.05) is 13.0 Å². The molecular weight excluding hydrogens is 284 g/mol. The van der Waals surface area contributed by atoms with E-state index in [9.17, 15) is 9.59 Å². The van der Waals surface area contributed by atoms with Crippen molar-refractivity contribution in [2.45, 2.75) is 44.6 Å². The molecule has 1 aromatic heterocycles. The van der Waals surface area contributed by atoms with Crippen LogP contribution in [0.3, 0.4) is 0 Å². The molecule has 2 rings (SSSR count). The molecule has 1 aliphatic heterocycles. The largest absolute Gasteiger partial charge is 0.481 e. The predicted molar refractivity (Wildman–Crippen MR) is 80.6 cm³/mol. The molecular formula is C16H22N2O4. The van der Waals surface area contributed by atoms with Crippen molar-refractivity contribution in [2.24, 2.45) is 0 Å². The predicted octanol–water partition coefficient (Wildman–Crippen LogP) is 1.58. The summed E-state index contributed by atoms with van der Waals surface area (Å²) in [6, 6.07) is 3.70. The molecule has 1 aromatic rings. The lowest BCUT2D eigenvalue weighted by atomic mass is 9.71. The van der Waals surface area contributed by atoms with Crippen LogP contribution < -0.4 is 10.1 Å². The third kappa shape index (κ3) is 3.21. The first kappa shape index (κ1) is 16.3. The van der Waals surface area contributed by atoms with Crippen molar-refractivity contribution in [1.82, 2.24) is 10.3 Å². The molecule has 1 N–H and O–H groups in total. The number of methoxy groups -OCH3 is 1. The minimum absolute atomic E-state index is 0.0195. The minimum Gasteiger partial charge on any atom is -0.481 e. The fourth-order valence-corrected chi connectivity index (χ4v) is 2.79. The Bertz CT molecular complexity index is 532. The zero-order chi connectivity index (χ0) is 16.2. The van der Waals surface area contributed by atoms with Gasteiger partial charge in [-0.15, -0.1) is 0 Å². The zero-order valence-corrected chi connectivity index (χ0v) is 13.2. The smallest absolute Gasteiger partial charge is 0.305 e. The summed E-state index contributed by atoms with van der Waals surface area (Å²) in [6.45, 7) is 4.06. The van der Waals surface area contributed by atoms with Crippen LogP contribution in [0.1, 0.15) is 38.7 Å². The van der Waals surface area contributed by atoms with Crippen LogP contribution in [0.2, 0.25) is 0 Å². The first-order chi connectivity index (χ1) is 10.5. The molecule has 0 aromatic carbocycles. The number of aromatic nitrogens is 1. The van der Waals surface area contributed by atoms with Gasteiger partial charge >= 0.3 is 5.97 Å². The van der Waals surface area contributed by atoms with Crippen molar-refractivity contribution in [2.75, 3.05) is 13.7 Å². The van der Waals surface area contributed by atoms with Crippen LogP contribution in [0.5, 0.6) is 5.88 Å². The third-order valence-corrected chi connectivity index (χ3v) is 4.29. The number of pyridine rings is 1. The maximum Gasteiger partial charge on any atom is 0.305 e. The second kappa shape index (κ2) is 6.77. The maximum atomic E-state index is 11.7. The maximum absolute atomic E-state index is 11.7. The highest BCUT2D eigenvalue weighted by atomic mass is 16.5. The number of hydrogen-bond donors (Lipinski definition) is 1. The van der Waals surface area contributed by atoms with E-state index in [-0.39, 0.29) is 18.0 Å². The van der Waals surface area contributed by atoms with E-state index in [2.05, 4.69) is 10.3 Å². The van der Waals surface area contributed by atoms with E-state index in [0.29, 0.717) is 31.7 Å². The molecule has 0 bridgehead atoms. The van der Waals surface area contributed by atoms with Gasteiger partial charge in [-0.05, 0) is 18.9 Å². The Kier molecular flexibility index (Phi) is 5.00. The average Bonchev–Trinajstić information content (AvgIpc) is 2.55. The Labute approximate surface area is 130 Å². The third-order valence-electron chi connectivity index (χ3n) is 4.29. The van der Waals surface area contributed by atoms with Crippen LogP contribution in [0.15, 0.2) is 18.3 Å². The van der Waals surface area contributed by atoms with Crippen molar-refractivity contribution in [3.8, 4) is 5.88 Å². The lowest BCUT2D eigenvalue weighted by molar-refractivity contribution is -0.152. The number of nitrogens with one attached hydrogen (secondary N) is 1. The van der Waals surface area contributed by atoms with Gasteiger partial charge in [0, 0.05) is 31.6 Å². The molecule has 120 valence electrons. The normalized spacial score (nSPS) is 22.6. The molecule has 22 heavy (non-hydrogen) atoms. The second-order valence-corrected chi connectivity index (χ2v) is 5.51. The zero-order valence-electron chi connectivity index (χ0n) is 13.2. The summed E-state index contributed by atoms with van der Waals surface area (Å²) >= 11 is 0. The number of piperidine rings is 1. The van der Waals surface area contributed by atoms with E-state index in [0.717, 1.165) is 5.56 Å². The number of nitrogens with zero attached hydrogens (tertiary/aromatic N) is 1. The van der Waals surface area contributed by atoms with E-state index < -0.39 is 5.41 Å². The number of rotatable bonds is 5. The molecule has 1 fully saturated rings.